The van der Waals surface area contributed by atoms with E-state index in [0.717, 1.165) is 44.5 Å². The Labute approximate surface area is 126 Å². The van der Waals surface area contributed by atoms with Crippen LogP contribution in [0, 0.1) is 5.92 Å². The van der Waals surface area contributed by atoms with E-state index < -0.39 is 0 Å². The number of carbonyl (C=O) groups excluding carboxylic acids is 1. The average Bonchev–Trinajstić information content (AvgIpc) is 3.01. The largest absolute Gasteiger partial charge is 0.396 e. The standard InChI is InChI=1S/C16H27N3O2/c1-13(12-20)4-2-8-18-16(21)15-5-3-11-19(15)14-6-9-17-10-7-14/h3,5,11,13-14,17,20H,2,4,6-10,12H2,1H3,(H,18,21). The molecule has 5 heteroatoms. The van der Waals surface area contributed by atoms with Crippen molar-refractivity contribution in [1.29, 1.82) is 0 Å². The van der Waals surface area contributed by atoms with Crippen molar-refractivity contribution in [2.75, 3.05) is 26.2 Å². The molecular weight excluding hydrogens is 266 g/mol. The Morgan fingerprint density at radius 3 is 3.00 bits per heavy atom. The van der Waals surface area contributed by atoms with Crippen LogP contribution in [0.25, 0.3) is 0 Å². The first-order valence-electron chi connectivity index (χ1n) is 7.99. The number of piperidine rings is 1. The number of hydrogen-bond acceptors (Lipinski definition) is 3. The molecule has 1 aliphatic heterocycles. The summed E-state index contributed by atoms with van der Waals surface area (Å²) in [6.45, 7) is 4.93. The van der Waals surface area contributed by atoms with Crippen molar-refractivity contribution < 1.29 is 9.90 Å². The minimum absolute atomic E-state index is 0.00943. The van der Waals surface area contributed by atoms with Crippen molar-refractivity contribution in [3.8, 4) is 0 Å². The maximum absolute atomic E-state index is 12.3. The number of carbonyl (C=O) groups is 1. The summed E-state index contributed by atoms with van der Waals surface area (Å²) in [5.41, 5.74) is 0.761. The summed E-state index contributed by atoms with van der Waals surface area (Å²) in [4.78, 5) is 12.3. The molecule has 1 aromatic rings. The van der Waals surface area contributed by atoms with Gasteiger partial charge in [0.1, 0.15) is 5.69 Å². The molecule has 3 N–H and O–H groups in total. The molecule has 0 saturated carbocycles. The molecule has 1 fully saturated rings. The van der Waals surface area contributed by atoms with Gasteiger partial charge in [-0.05, 0) is 56.8 Å². The van der Waals surface area contributed by atoms with Crippen molar-refractivity contribution in [2.45, 2.75) is 38.6 Å². The molecular formula is C16H27N3O2. The fourth-order valence-electron chi connectivity index (χ4n) is 2.82. The summed E-state index contributed by atoms with van der Waals surface area (Å²) < 4.78 is 2.12. The molecule has 0 aromatic carbocycles. The fourth-order valence-corrected chi connectivity index (χ4v) is 2.82. The molecule has 118 valence electrons. The van der Waals surface area contributed by atoms with Crippen LogP contribution in [0.1, 0.15) is 49.1 Å². The van der Waals surface area contributed by atoms with Crippen LogP contribution in [0.2, 0.25) is 0 Å². The van der Waals surface area contributed by atoms with E-state index in [1.54, 1.807) is 0 Å². The highest BCUT2D eigenvalue weighted by Gasteiger charge is 2.19. The molecule has 0 spiro atoms. The van der Waals surface area contributed by atoms with E-state index in [1.807, 2.05) is 25.3 Å². The van der Waals surface area contributed by atoms with Gasteiger partial charge in [-0.1, -0.05) is 6.92 Å². The molecule has 0 aliphatic carbocycles. The zero-order valence-electron chi connectivity index (χ0n) is 12.8. The lowest BCUT2D eigenvalue weighted by atomic mass is 10.1. The van der Waals surface area contributed by atoms with E-state index in [4.69, 9.17) is 5.11 Å². The Kier molecular flexibility index (Phi) is 6.26. The van der Waals surface area contributed by atoms with Crippen LogP contribution in [0.4, 0.5) is 0 Å². The highest BCUT2D eigenvalue weighted by Crippen LogP contribution is 2.21. The van der Waals surface area contributed by atoms with Crippen LogP contribution in [-0.2, 0) is 0 Å². The predicted molar refractivity (Wildman–Crippen MR) is 83.4 cm³/mol. The quantitative estimate of drug-likeness (QED) is 0.668. The maximum atomic E-state index is 12.3. The van der Waals surface area contributed by atoms with E-state index in [1.165, 1.54) is 0 Å². The summed E-state index contributed by atoms with van der Waals surface area (Å²) in [5.74, 6) is 0.315. The smallest absolute Gasteiger partial charge is 0.267 e. The van der Waals surface area contributed by atoms with Crippen LogP contribution in [0.5, 0.6) is 0 Å². The summed E-state index contributed by atoms with van der Waals surface area (Å²) in [7, 11) is 0. The van der Waals surface area contributed by atoms with Gasteiger partial charge in [0.15, 0.2) is 0 Å². The molecule has 1 saturated heterocycles. The van der Waals surface area contributed by atoms with Gasteiger partial charge in [-0.3, -0.25) is 4.79 Å². The molecule has 1 amide bonds. The van der Waals surface area contributed by atoms with Gasteiger partial charge < -0.3 is 20.3 Å². The first kappa shape index (κ1) is 16.0. The SMILES string of the molecule is CC(CO)CCCNC(=O)c1cccn1C1CCNCC1. The number of amides is 1. The summed E-state index contributed by atoms with van der Waals surface area (Å²) >= 11 is 0. The number of nitrogens with zero attached hydrogens (tertiary/aromatic N) is 1. The molecule has 1 aromatic heterocycles. The van der Waals surface area contributed by atoms with Crippen molar-refractivity contribution in [1.82, 2.24) is 15.2 Å². The topological polar surface area (TPSA) is 66.3 Å². The second kappa shape index (κ2) is 8.20. The highest BCUT2D eigenvalue weighted by atomic mass is 16.3. The number of aliphatic hydroxyl groups is 1. The zero-order valence-corrected chi connectivity index (χ0v) is 12.8. The lowest BCUT2D eigenvalue weighted by molar-refractivity contribution is 0.0939. The Bertz CT molecular complexity index is 438. The van der Waals surface area contributed by atoms with Crippen LogP contribution in [-0.4, -0.2) is 41.8 Å². The molecule has 21 heavy (non-hydrogen) atoms. The van der Waals surface area contributed by atoms with Crippen molar-refractivity contribution in [2.24, 2.45) is 5.92 Å². The average molecular weight is 293 g/mol. The van der Waals surface area contributed by atoms with Gasteiger partial charge in [0, 0.05) is 25.4 Å². The highest BCUT2D eigenvalue weighted by molar-refractivity contribution is 5.92. The predicted octanol–water partition coefficient (Wildman–Crippen LogP) is 1.55. The summed E-state index contributed by atoms with van der Waals surface area (Å²) in [6.07, 6.45) is 6.00. The third-order valence-corrected chi connectivity index (χ3v) is 4.18. The van der Waals surface area contributed by atoms with Crippen molar-refractivity contribution in [3.63, 3.8) is 0 Å². The van der Waals surface area contributed by atoms with Crippen molar-refractivity contribution in [3.05, 3.63) is 24.0 Å². The third kappa shape index (κ3) is 4.58. The minimum atomic E-state index is 0.00943. The Morgan fingerprint density at radius 2 is 2.29 bits per heavy atom. The van der Waals surface area contributed by atoms with Gasteiger partial charge in [-0.2, -0.15) is 0 Å². The fraction of sp³-hybridized carbons (Fsp3) is 0.688. The van der Waals surface area contributed by atoms with E-state index in [-0.39, 0.29) is 12.5 Å². The Hall–Kier alpha value is -1.33. The molecule has 1 aliphatic rings. The first-order valence-corrected chi connectivity index (χ1v) is 7.99. The van der Waals surface area contributed by atoms with Gasteiger partial charge in [-0.15, -0.1) is 0 Å². The minimum Gasteiger partial charge on any atom is -0.396 e. The van der Waals surface area contributed by atoms with E-state index in [9.17, 15) is 4.79 Å². The van der Waals surface area contributed by atoms with E-state index in [2.05, 4.69) is 15.2 Å². The number of rotatable bonds is 7. The Morgan fingerprint density at radius 1 is 1.52 bits per heavy atom. The normalized spacial score (nSPS) is 17.6. The van der Waals surface area contributed by atoms with E-state index in [0.29, 0.717) is 18.5 Å². The molecule has 2 heterocycles. The summed E-state index contributed by atoms with van der Waals surface area (Å²) in [6, 6.07) is 4.27. The third-order valence-electron chi connectivity index (χ3n) is 4.18. The van der Waals surface area contributed by atoms with E-state index >= 15 is 0 Å². The van der Waals surface area contributed by atoms with Crippen LogP contribution >= 0.6 is 0 Å². The van der Waals surface area contributed by atoms with Crippen LogP contribution < -0.4 is 10.6 Å². The van der Waals surface area contributed by atoms with Crippen LogP contribution in [0.3, 0.4) is 0 Å². The number of hydrogen-bond donors (Lipinski definition) is 3. The Balaban J connectivity index is 1.83. The van der Waals surface area contributed by atoms with Gasteiger partial charge in [0.2, 0.25) is 0 Å². The molecule has 5 nitrogen and oxygen atoms in total. The number of aliphatic hydroxyl groups excluding tert-OH is 1. The zero-order chi connectivity index (χ0) is 15.1. The first-order chi connectivity index (χ1) is 10.2. The molecule has 1 atom stereocenters. The molecule has 0 radical (unpaired) electrons. The monoisotopic (exact) mass is 293 g/mol. The number of aromatic nitrogens is 1. The van der Waals surface area contributed by atoms with Crippen LogP contribution in [0.15, 0.2) is 18.3 Å². The second-order valence-electron chi connectivity index (χ2n) is 5.97. The number of nitrogens with one attached hydrogen (secondary N) is 2. The molecule has 2 rings (SSSR count). The second-order valence-corrected chi connectivity index (χ2v) is 5.97. The van der Waals surface area contributed by atoms with Gasteiger partial charge >= 0.3 is 0 Å². The summed E-state index contributed by atoms with van der Waals surface area (Å²) in [5, 5.41) is 15.3. The van der Waals surface area contributed by atoms with Gasteiger partial charge in [-0.25, -0.2) is 0 Å². The van der Waals surface area contributed by atoms with Crippen molar-refractivity contribution >= 4 is 5.91 Å². The molecule has 0 bridgehead atoms. The van der Waals surface area contributed by atoms with Gasteiger partial charge in [0.05, 0.1) is 0 Å². The molecule has 1 unspecified atom stereocenters. The lowest BCUT2D eigenvalue weighted by Crippen LogP contribution is -2.32. The lowest BCUT2D eigenvalue weighted by Gasteiger charge is -2.25. The van der Waals surface area contributed by atoms with Gasteiger partial charge in [0.25, 0.3) is 5.91 Å². The maximum Gasteiger partial charge on any atom is 0.267 e.